The zero-order valence-electron chi connectivity index (χ0n) is 16.9. The Morgan fingerprint density at radius 3 is 2.87 bits per heavy atom. The summed E-state index contributed by atoms with van der Waals surface area (Å²) in [5, 5.41) is 11.5. The number of aliphatic imine (C=N–C) groups is 1. The van der Waals surface area contributed by atoms with E-state index in [2.05, 4.69) is 25.2 Å². The number of rotatable bonds is 8. The zero-order valence-corrected chi connectivity index (χ0v) is 18.5. The van der Waals surface area contributed by atoms with Gasteiger partial charge in [-0.15, -0.1) is 10.2 Å². The number of carbonyl (C=O) groups is 1. The SMILES string of the molecule is CSCCC(NC(=O)CCN=C1NS(=O)(=O)c2ccccc21)c1nnc2ccccn12. The van der Waals surface area contributed by atoms with Crippen molar-refractivity contribution in [3.8, 4) is 0 Å². The van der Waals surface area contributed by atoms with E-state index in [9.17, 15) is 13.2 Å². The second kappa shape index (κ2) is 9.06. The van der Waals surface area contributed by atoms with Crippen LogP contribution in [-0.2, 0) is 14.8 Å². The van der Waals surface area contributed by atoms with Crippen molar-refractivity contribution in [3.63, 3.8) is 0 Å². The molecule has 4 rings (SSSR count). The lowest BCUT2D eigenvalue weighted by Crippen LogP contribution is -2.31. The third-order valence-electron chi connectivity index (χ3n) is 4.87. The molecule has 2 N–H and O–H groups in total. The van der Waals surface area contributed by atoms with E-state index in [1.54, 1.807) is 30.0 Å². The van der Waals surface area contributed by atoms with Crippen molar-refractivity contribution in [3.05, 3.63) is 60.0 Å². The Kier molecular flexibility index (Phi) is 6.23. The molecule has 0 radical (unpaired) electrons. The lowest BCUT2D eigenvalue weighted by Gasteiger charge is -2.16. The van der Waals surface area contributed by atoms with Gasteiger partial charge in [0.05, 0.1) is 17.5 Å². The molecule has 1 atom stereocenters. The predicted octanol–water partition coefficient (Wildman–Crippen LogP) is 1.77. The minimum Gasteiger partial charge on any atom is -0.346 e. The van der Waals surface area contributed by atoms with Crippen molar-refractivity contribution < 1.29 is 13.2 Å². The largest absolute Gasteiger partial charge is 0.346 e. The van der Waals surface area contributed by atoms with E-state index in [1.165, 1.54) is 6.07 Å². The van der Waals surface area contributed by atoms with Crippen LogP contribution < -0.4 is 10.0 Å². The predicted molar refractivity (Wildman–Crippen MR) is 120 cm³/mol. The minimum atomic E-state index is -3.59. The van der Waals surface area contributed by atoms with E-state index >= 15 is 0 Å². The first-order chi connectivity index (χ1) is 15.0. The van der Waals surface area contributed by atoms with Gasteiger partial charge in [-0.3, -0.25) is 18.9 Å². The van der Waals surface area contributed by atoms with Crippen LogP contribution in [0.25, 0.3) is 5.65 Å². The molecule has 3 aromatic rings. The van der Waals surface area contributed by atoms with Crippen molar-refractivity contribution in [2.24, 2.45) is 4.99 Å². The highest BCUT2D eigenvalue weighted by molar-refractivity contribution is 7.98. The molecule has 0 aliphatic carbocycles. The second-order valence-corrected chi connectivity index (χ2v) is 9.61. The molecule has 0 saturated heterocycles. The summed E-state index contributed by atoms with van der Waals surface area (Å²) in [4.78, 5) is 17.1. The van der Waals surface area contributed by atoms with Gasteiger partial charge < -0.3 is 5.32 Å². The summed E-state index contributed by atoms with van der Waals surface area (Å²) in [7, 11) is -3.59. The van der Waals surface area contributed by atoms with Gasteiger partial charge in [0, 0.05) is 18.2 Å². The summed E-state index contributed by atoms with van der Waals surface area (Å²) >= 11 is 1.69. The third kappa shape index (κ3) is 4.57. The van der Waals surface area contributed by atoms with E-state index in [1.807, 2.05) is 35.1 Å². The van der Waals surface area contributed by atoms with Crippen LogP contribution >= 0.6 is 11.8 Å². The summed E-state index contributed by atoms with van der Waals surface area (Å²) in [6, 6.07) is 12.0. The molecule has 1 aliphatic heterocycles. The molecule has 0 saturated carbocycles. The van der Waals surface area contributed by atoms with Gasteiger partial charge in [-0.2, -0.15) is 11.8 Å². The maximum absolute atomic E-state index is 12.6. The summed E-state index contributed by atoms with van der Waals surface area (Å²) < 4.78 is 28.6. The van der Waals surface area contributed by atoms with E-state index in [-0.39, 0.29) is 35.6 Å². The van der Waals surface area contributed by atoms with Gasteiger partial charge in [0.2, 0.25) is 5.91 Å². The molecule has 1 unspecified atom stereocenters. The fraction of sp³-hybridized carbons (Fsp3) is 0.300. The van der Waals surface area contributed by atoms with Crippen LogP contribution in [0.5, 0.6) is 0 Å². The Morgan fingerprint density at radius 1 is 1.23 bits per heavy atom. The van der Waals surface area contributed by atoms with Crippen molar-refractivity contribution in [1.82, 2.24) is 24.6 Å². The number of benzene rings is 1. The Hall–Kier alpha value is -2.92. The van der Waals surface area contributed by atoms with Crippen LogP contribution in [-0.4, -0.2) is 53.3 Å². The summed E-state index contributed by atoms with van der Waals surface area (Å²) in [6.07, 6.45) is 4.72. The molecule has 1 aromatic carbocycles. The first-order valence-corrected chi connectivity index (χ1v) is 12.6. The van der Waals surface area contributed by atoms with Crippen LogP contribution in [0, 0.1) is 0 Å². The van der Waals surface area contributed by atoms with Crippen molar-refractivity contribution in [2.75, 3.05) is 18.6 Å². The van der Waals surface area contributed by atoms with Crippen molar-refractivity contribution in [2.45, 2.75) is 23.8 Å². The Morgan fingerprint density at radius 2 is 2.03 bits per heavy atom. The highest BCUT2D eigenvalue weighted by Gasteiger charge is 2.30. The molecular weight excluding hydrogens is 436 g/mol. The van der Waals surface area contributed by atoms with E-state index in [0.29, 0.717) is 17.8 Å². The normalized spacial score (nSPS) is 16.7. The highest BCUT2D eigenvalue weighted by atomic mass is 32.2. The lowest BCUT2D eigenvalue weighted by atomic mass is 10.2. The number of hydrogen-bond acceptors (Lipinski definition) is 7. The van der Waals surface area contributed by atoms with Gasteiger partial charge in [0.1, 0.15) is 5.84 Å². The zero-order chi connectivity index (χ0) is 21.8. The molecule has 3 heterocycles. The number of nitrogens with one attached hydrogen (secondary N) is 2. The summed E-state index contributed by atoms with van der Waals surface area (Å²) in [5.74, 6) is 1.62. The average molecular weight is 459 g/mol. The number of carbonyl (C=O) groups excluding carboxylic acids is 1. The lowest BCUT2D eigenvalue weighted by molar-refractivity contribution is -0.121. The number of amidine groups is 1. The van der Waals surface area contributed by atoms with Gasteiger partial charge in [0.15, 0.2) is 11.5 Å². The van der Waals surface area contributed by atoms with Crippen LogP contribution in [0.2, 0.25) is 0 Å². The number of nitrogens with zero attached hydrogens (tertiary/aromatic N) is 4. The number of amides is 1. The van der Waals surface area contributed by atoms with Crippen molar-refractivity contribution in [1.29, 1.82) is 0 Å². The van der Waals surface area contributed by atoms with Crippen molar-refractivity contribution >= 4 is 39.2 Å². The van der Waals surface area contributed by atoms with E-state index < -0.39 is 10.0 Å². The van der Waals surface area contributed by atoms with Gasteiger partial charge in [0.25, 0.3) is 10.0 Å². The first-order valence-electron chi connectivity index (χ1n) is 9.74. The molecule has 0 spiro atoms. The van der Waals surface area contributed by atoms with Gasteiger partial charge in [-0.25, -0.2) is 8.42 Å². The molecule has 1 amide bonds. The molecule has 0 fully saturated rings. The number of pyridine rings is 1. The minimum absolute atomic E-state index is 0.125. The number of thioether (sulfide) groups is 1. The monoisotopic (exact) mass is 458 g/mol. The maximum atomic E-state index is 12.6. The number of fused-ring (bicyclic) bond motifs is 2. The summed E-state index contributed by atoms with van der Waals surface area (Å²) in [5.41, 5.74) is 1.25. The summed E-state index contributed by atoms with van der Waals surface area (Å²) in [6.45, 7) is 0.161. The maximum Gasteiger partial charge on any atom is 0.263 e. The number of sulfonamides is 1. The van der Waals surface area contributed by atoms with Crippen LogP contribution in [0.4, 0.5) is 0 Å². The molecule has 0 bridgehead atoms. The topological polar surface area (TPSA) is 118 Å². The van der Waals surface area contributed by atoms with Gasteiger partial charge in [-0.1, -0.05) is 18.2 Å². The Labute approximate surface area is 184 Å². The molecule has 11 heteroatoms. The van der Waals surface area contributed by atoms with Gasteiger partial charge >= 0.3 is 0 Å². The fourth-order valence-corrected chi connectivity index (χ4v) is 5.11. The average Bonchev–Trinajstić information content (AvgIpc) is 3.30. The van der Waals surface area contributed by atoms with E-state index in [4.69, 9.17) is 0 Å². The standard InChI is InChI=1S/C20H22N6O3S2/c1-30-13-10-15(20-24-23-17-8-4-5-12-26(17)20)22-18(27)9-11-21-19-14-6-2-3-7-16(14)31(28,29)25-19/h2-8,12,15H,9-11,13H2,1H3,(H,21,25)(H,22,27). The number of aromatic nitrogens is 3. The van der Waals surface area contributed by atoms with Gasteiger partial charge in [-0.05, 0) is 42.7 Å². The smallest absolute Gasteiger partial charge is 0.263 e. The number of hydrogen-bond donors (Lipinski definition) is 2. The van der Waals surface area contributed by atoms with Crippen LogP contribution in [0.1, 0.15) is 30.3 Å². The fourth-order valence-electron chi connectivity index (χ4n) is 3.39. The Balaban J connectivity index is 1.44. The quantitative estimate of drug-likeness (QED) is 0.531. The molecular formula is C20H22N6O3S2. The molecule has 9 nitrogen and oxygen atoms in total. The second-order valence-electron chi connectivity index (χ2n) is 6.97. The molecule has 31 heavy (non-hydrogen) atoms. The van der Waals surface area contributed by atoms with Crippen LogP contribution in [0.3, 0.4) is 0 Å². The van der Waals surface area contributed by atoms with E-state index in [0.717, 1.165) is 11.4 Å². The molecule has 162 valence electrons. The third-order valence-corrected chi connectivity index (χ3v) is 6.91. The molecule has 1 aliphatic rings. The first kappa shape index (κ1) is 21.3. The highest BCUT2D eigenvalue weighted by Crippen LogP contribution is 2.22. The molecule has 2 aromatic heterocycles. The Bertz CT molecular complexity index is 1240. The van der Waals surface area contributed by atoms with Crippen LogP contribution in [0.15, 0.2) is 58.5 Å².